The van der Waals surface area contributed by atoms with E-state index < -0.39 is 0 Å². The smallest absolute Gasteiger partial charge is 0.240 e. The third kappa shape index (κ3) is 4.35. The van der Waals surface area contributed by atoms with Crippen LogP contribution in [0.5, 0.6) is 0 Å². The van der Waals surface area contributed by atoms with E-state index in [2.05, 4.69) is 15.6 Å². The van der Waals surface area contributed by atoms with Crippen molar-refractivity contribution < 1.29 is 13.9 Å². The number of benzene rings is 1. The van der Waals surface area contributed by atoms with Crippen LogP contribution in [0.1, 0.15) is 18.2 Å². The first-order valence-electron chi connectivity index (χ1n) is 7.77. The number of oxazole rings is 1. The van der Waals surface area contributed by atoms with Gasteiger partial charge in [0.1, 0.15) is 12.3 Å². The zero-order valence-electron chi connectivity index (χ0n) is 13.7. The Labute approximate surface area is 147 Å². The lowest BCUT2D eigenvalue weighted by Gasteiger charge is -2.29. The zero-order valence-corrected chi connectivity index (χ0v) is 14.6. The topological polar surface area (TPSA) is 76.4 Å². The van der Waals surface area contributed by atoms with Crippen LogP contribution in [-0.2, 0) is 16.1 Å². The van der Waals surface area contributed by atoms with Gasteiger partial charge in [0.25, 0.3) is 0 Å². The van der Waals surface area contributed by atoms with E-state index in [0.29, 0.717) is 31.3 Å². The second kappa shape index (κ2) is 8.28. The highest BCUT2D eigenvalue weighted by atomic mass is 35.5. The number of carbonyl (C=O) groups excluding carboxylic acids is 1. The van der Waals surface area contributed by atoms with E-state index in [1.807, 2.05) is 38.1 Å². The van der Waals surface area contributed by atoms with E-state index in [1.54, 1.807) is 6.26 Å². The van der Waals surface area contributed by atoms with Crippen molar-refractivity contribution >= 4 is 18.3 Å². The first-order chi connectivity index (χ1) is 11.1. The molecule has 1 aliphatic rings. The molecular formula is C17H22ClN3O3. The molecule has 0 bridgehead atoms. The van der Waals surface area contributed by atoms with Crippen LogP contribution in [0.3, 0.4) is 0 Å². The quantitative estimate of drug-likeness (QED) is 0.881. The molecule has 6 nitrogen and oxygen atoms in total. The number of ether oxygens (including phenoxy) is 1. The fourth-order valence-electron chi connectivity index (χ4n) is 2.53. The van der Waals surface area contributed by atoms with Gasteiger partial charge in [0.05, 0.1) is 24.9 Å². The summed E-state index contributed by atoms with van der Waals surface area (Å²) in [6.45, 7) is 5.57. The minimum atomic E-state index is -0.327. The summed E-state index contributed by atoms with van der Waals surface area (Å²) in [6.07, 6.45) is 1.44. The average molecular weight is 352 g/mol. The molecule has 7 heteroatoms. The van der Waals surface area contributed by atoms with Crippen molar-refractivity contribution in [2.75, 3.05) is 13.2 Å². The monoisotopic (exact) mass is 351 g/mol. The summed E-state index contributed by atoms with van der Waals surface area (Å²) in [5.41, 5.74) is 2.80. The Bertz CT molecular complexity index is 672. The van der Waals surface area contributed by atoms with Gasteiger partial charge in [-0.2, -0.15) is 0 Å². The van der Waals surface area contributed by atoms with Crippen LogP contribution in [0.2, 0.25) is 0 Å². The van der Waals surface area contributed by atoms with E-state index in [-0.39, 0.29) is 30.5 Å². The molecule has 1 amide bonds. The Hall–Kier alpha value is -1.89. The highest BCUT2D eigenvalue weighted by Crippen LogP contribution is 2.19. The van der Waals surface area contributed by atoms with Crippen molar-refractivity contribution in [1.82, 2.24) is 15.6 Å². The Balaban J connectivity index is 0.00000208. The van der Waals surface area contributed by atoms with Crippen LogP contribution in [0.15, 0.2) is 34.9 Å². The Morgan fingerprint density at radius 2 is 2.12 bits per heavy atom. The lowest BCUT2D eigenvalue weighted by molar-refractivity contribution is -0.129. The van der Waals surface area contributed by atoms with Gasteiger partial charge >= 0.3 is 0 Å². The minimum absolute atomic E-state index is 0. The molecule has 1 fully saturated rings. The van der Waals surface area contributed by atoms with Crippen molar-refractivity contribution in [3.63, 3.8) is 0 Å². The van der Waals surface area contributed by atoms with Crippen molar-refractivity contribution in [2.45, 2.75) is 32.5 Å². The number of carbonyl (C=O) groups is 1. The number of aryl methyl sites for hydroxylation is 1. The van der Waals surface area contributed by atoms with E-state index in [0.717, 1.165) is 5.56 Å². The number of halogens is 1. The number of hydrogen-bond donors (Lipinski definition) is 2. The zero-order chi connectivity index (χ0) is 16.2. The summed E-state index contributed by atoms with van der Waals surface area (Å²) in [6, 6.07) is 7.63. The number of nitrogens with zero attached hydrogens (tertiary/aromatic N) is 1. The first-order valence-corrected chi connectivity index (χ1v) is 7.77. The number of morpholine rings is 1. The third-order valence-corrected chi connectivity index (χ3v) is 3.89. The maximum atomic E-state index is 12.2. The molecule has 24 heavy (non-hydrogen) atoms. The predicted molar refractivity (Wildman–Crippen MR) is 93.0 cm³/mol. The van der Waals surface area contributed by atoms with Gasteiger partial charge in [-0.05, 0) is 26.0 Å². The molecule has 0 saturated carbocycles. The molecule has 1 aromatic heterocycles. The summed E-state index contributed by atoms with van der Waals surface area (Å²) >= 11 is 0. The van der Waals surface area contributed by atoms with Gasteiger partial charge in [-0.1, -0.05) is 17.7 Å². The number of amides is 1. The molecule has 3 rings (SSSR count). The molecule has 2 heterocycles. The number of aromatic nitrogens is 1. The van der Waals surface area contributed by atoms with Crippen LogP contribution in [-0.4, -0.2) is 36.2 Å². The SMILES string of the molecule is Cc1ccc(-c2nc(CNC(=O)[C@H]3NCCO[C@@H]3C)co2)cc1.Cl. The molecule has 1 aliphatic heterocycles. The van der Waals surface area contributed by atoms with Gasteiger partial charge in [0.15, 0.2) is 0 Å². The molecule has 0 aliphatic carbocycles. The van der Waals surface area contributed by atoms with Gasteiger partial charge in [-0.15, -0.1) is 12.4 Å². The minimum Gasteiger partial charge on any atom is -0.444 e. The molecule has 130 valence electrons. The van der Waals surface area contributed by atoms with Crippen LogP contribution in [0.25, 0.3) is 11.5 Å². The molecular weight excluding hydrogens is 330 g/mol. The third-order valence-electron chi connectivity index (χ3n) is 3.89. The molecule has 1 aromatic carbocycles. The average Bonchev–Trinajstić information content (AvgIpc) is 3.03. The van der Waals surface area contributed by atoms with Gasteiger partial charge in [0.2, 0.25) is 11.8 Å². The van der Waals surface area contributed by atoms with Gasteiger partial charge in [-0.25, -0.2) is 4.98 Å². The lowest BCUT2D eigenvalue weighted by atomic mass is 10.1. The maximum Gasteiger partial charge on any atom is 0.240 e. The Kier molecular flexibility index (Phi) is 6.36. The first kappa shape index (κ1) is 18.4. The van der Waals surface area contributed by atoms with E-state index >= 15 is 0 Å². The summed E-state index contributed by atoms with van der Waals surface area (Å²) in [5.74, 6) is 0.471. The molecule has 0 radical (unpaired) electrons. The van der Waals surface area contributed by atoms with Crippen molar-refractivity contribution in [3.8, 4) is 11.5 Å². The van der Waals surface area contributed by atoms with Crippen LogP contribution < -0.4 is 10.6 Å². The van der Waals surface area contributed by atoms with Crippen LogP contribution in [0, 0.1) is 6.92 Å². The summed E-state index contributed by atoms with van der Waals surface area (Å²) in [7, 11) is 0. The number of nitrogens with one attached hydrogen (secondary N) is 2. The van der Waals surface area contributed by atoms with E-state index in [9.17, 15) is 4.79 Å². The molecule has 0 spiro atoms. The molecule has 0 unspecified atom stereocenters. The van der Waals surface area contributed by atoms with Crippen LogP contribution in [0.4, 0.5) is 0 Å². The summed E-state index contributed by atoms with van der Waals surface area (Å²) in [5, 5.41) is 6.03. The summed E-state index contributed by atoms with van der Waals surface area (Å²) < 4.78 is 11.0. The Morgan fingerprint density at radius 1 is 1.38 bits per heavy atom. The fraction of sp³-hybridized carbons (Fsp3) is 0.412. The standard InChI is InChI=1S/C17H21N3O3.ClH/c1-11-3-5-13(6-4-11)17-20-14(10-23-17)9-19-16(21)15-12(2)22-8-7-18-15;/h3-6,10,12,15,18H,7-9H2,1-2H3,(H,19,21);1H/t12-,15+;/m1./s1. The normalized spacial score (nSPS) is 20.2. The lowest BCUT2D eigenvalue weighted by Crippen LogP contribution is -2.55. The van der Waals surface area contributed by atoms with E-state index in [1.165, 1.54) is 5.56 Å². The Morgan fingerprint density at radius 3 is 2.83 bits per heavy atom. The second-order valence-electron chi connectivity index (χ2n) is 5.74. The molecule has 2 N–H and O–H groups in total. The largest absolute Gasteiger partial charge is 0.444 e. The molecule has 2 aromatic rings. The van der Waals surface area contributed by atoms with Gasteiger partial charge in [0, 0.05) is 12.1 Å². The second-order valence-corrected chi connectivity index (χ2v) is 5.74. The molecule has 1 saturated heterocycles. The van der Waals surface area contributed by atoms with Gasteiger partial charge in [-0.3, -0.25) is 4.79 Å². The predicted octanol–water partition coefficient (Wildman–Crippen LogP) is 2.06. The van der Waals surface area contributed by atoms with Crippen molar-refractivity contribution in [3.05, 3.63) is 41.8 Å². The van der Waals surface area contributed by atoms with Crippen LogP contribution >= 0.6 is 12.4 Å². The van der Waals surface area contributed by atoms with Crippen molar-refractivity contribution in [1.29, 1.82) is 0 Å². The molecule has 2 atom stereocenters. The number of rotatable bonds is 4. The highest BCUT2D eigenvalue weighted by Gasteiger charge is 2.28. The van der Waals surface area contributed by atoms with E-state index in [4.69, 9.17) is 9.15 Å². The number of hydrogen-bond acceptors (Lipinski definition) is 5. The van der Waals surface area contributed by atoms with Crippen molar-refractivity contribution in [2.24, 2.45) is 0 Å². The highest BCUT2D eigenvalue weighted by molar-refractivity contribution is 5.85. The maximum absolute atomic E-state index is 12.2. The van der Waals surface area contributed by atoms with Gasteiger partial charge < -0.3 is 19.8 Å². The summed E-state index contributed by atoms with van der Waals surface area (Å²) in [4.78, 5) is 16.6. The fourth-order valence-corrected chi connectivity index (χ4v) is 2.53.